The van der Waals surface area contributed by atoms with Crippen LogP contribution in [-0.4, -0.2) is 33.4 Å². The first-order chi connectivity index (χ1) is 7.12. The lowest BCUT2D eigenvalue weighted by molar-refractivity contribution is -0.141. The van der Waals surface area contributed by atoms with Crippen LogP contribution in [0.2, 0.25) is 0 Å². The standard InChI is InChI=1S/C12H25NO3/c1-6-7-8-9(10(14)15)13-11(2,3)12(4,5)16/h9,13,16H,6-8H2,1-5H3,(H,14,15). The van der Waals surface area contributed by atoms with Gasteiger partial charge >= 0.3 is 5.97 Å². The third kappa shape index (κ3) is 4.49. The van der Waals surface area contributed by atoms with E-state index in [1.165, 1.54) is 0 Å². The molecule has 0 fully saturated rings. The van der Waals surface area contributed by atoms with Crippen molar-refractivity contribution in [3.8, 4) is 0 Å². The molecule has 0 aliphatic carbocycles. The van der Waals surface area contributed by atoms with Gasteiger partial charge in [0.25, 0.3) is 0 Å². The zero-order valence-electron chi connectivity index (χ0n) is 11.0. The van der Waals surface area contributed by atoms with Crippen LogP contribution in [0.25, 0.3) is 0 Å². The molecule has 0 aromatic rings. The monoisotopic (exact) mass is 231 g/mol. The quantitative estimate of drug-likeness (QED) is 0.624. The van der Waals surface area contributed by atoms with E-state index in [2.05, 4.69) is 5.32 Å². The molecule has 0 rings (SSSR count). The van der Waals surface area contributed by atoms with Gasteiger partial charge in [0, 0.05) is 5.54 Å². The van der Waals surface area contributed by atoms with Crippen LogP contribution in [0.15, 0.2) is 0 Å². The lowest BCUT2D eigenvalue weighted by atomic mass is 9.85. The molecule has 4 heteroatoms. The summed E-state index contributed by atoms with van der Waals surface area (Å²) in [6.07, 6.45) is 2.42. The zero-order chi connectivity index (χ0) is 13.0. The third-order valence-electron chi connectivity index (χ3n) is 3.21. The number of nitrogens with one attached hydrogen (secondary N) is 1. The summed E-state index contributed by atoms with van der Waals surface area (Å²) >= 11 is 0. The first-order valence-electron chi connectivity index (χ1n) is 5.84. The van der Waals surface area contributed by atoms with E-state index in [-0.39, 0.29) is 0 Å². The Labute approximate surface area is 98.1 Å². The maximum absolute atomic E-state index is 11.1. The molecule has 0 heterocycles. The number of aliphatic hydroxyl groups is 1. The summed E-state index contributed by atoms with van der Waals surface area (Å²) in [6.45, 7) is 9.02. The minimum Gasteiger partial charge on any atom is -0.480 e. The number of hydrogen-bond acceptors (Lipinski definition) is 3. The number of carboxylic acids is 1. The average molecular weight is 231 g/mol. The molecule has 1 atom stereocenters. The fraction of sp³-hybridized carbons (Fsp3) is 0.917. The van der Waals surface area contributed by atoms with Crippen LogP contribution in [0.3, 0.4) is 0 Å². The number of hydrogen-bond donors (Lipinski definition) is 3. The number of aliphatic carboxylic acids is 1. The lowest BCUT2D eigenvalue weighted by Crippen LogP contribution is -2.60. The average Bonchev–Trinajstić information content (AvgIpc) is 2.09. The summed E-state index contributed by atoms with van der Waals surface area (Å²) in [5, 5.41) is 22.0. The first kappa shape index (κ1) is 15.4. The highest BCUT2D eigenvalue weighted by Gasteiger charge is 2.37. The van der Waals surface area contributed by atoms with Gasteiger partial charge in [0.2, 0.25) is 0 Å². The van der Waals surface area contributed by atoms with E-state index in [0.717, 1.165) is 12.8 Å². The van der Waals surface area contributed by atoms with Gasteiger partial charge in [-0.3, -0.25) is 10.1 Å². The Kier molecular flexibility index (Phi) is 5.42. The van der Waals surface area contributed by atoms with E-state index < -0.39 is 23.2 Å². The molecule has 0 aliphatic heterocycles. The molecule has 0 radical (unpaired) electrons. The largest absolute Gasteiger partial charge is 0.480 e. The van der Waals surface area contributed by atoms with Gasteiger partial charge in [-0.15, -0.1) is 0 Å². The van der Waals surface area contributed by atoms with Gasteiger partial charge in [-0.05, 0) is 34.1 Å². The van der Waals surface area contributed by atoms with E-state index in [9.17, 15) is 9.90 Å². The SMILES string of the molecule is CCCCC(NC(C)(C)C(C)(C)O)C(=O)O. The van der Waals surface area contributed by atoms with Crippen LogP contribution >= 0.6 is 0 Å². The Bertz CT molecular complexity index is 231. The molecule has 0 spiro atoms. The van der Waals surface area contributed by atoms with Crippen LogP contribution in [-0.2, 0) is 4.79 Å². The van der Waals surface area contributed by atoms with Gasteiger partial charge in [0.15, 0.2) is 0 Å². The molecule has 0 saturated heterocycles. The van der Waals surface area contributed by atoms with E-state index >= 15 is 0 Å². The molecule has 0 aliphatic rings. The molecular weight excluding hydrogens is 206 g/mol. The fourth-order valence-electron chi connectivity index (χ4n) is 1.28. The van der Waals surface area contributed by atoms with Gasteiger partial charge in [-0.1, -0.05) is 19.8 Å². The van der Waals surface area contributed by atoms with Crippen molar-refractivity contribution < 1.29 is 15.0 Å². The molecule has 0 aromatic carbocycles. The molecular formula is C12H25NO3. The second-order valence-electron chi connectivity index (χ2n) is 5.36. The molecule has 96 valence electrons. The summed E-state index contributed by atoms with van der Waals surface area (Å²) in [5.74, 6) is -0.856. The maximum Gasteiger partial charge on any atom is 0.320 e. The van der Waals surface area contributed by atoms with E-state index in [4.69, 9.17) is 5.11 Å². The van der Waals surface area contributed by atoms with Gasteiger partial charge in [-0.25, -0.2) is 0 Å². The molecule has 0 saturated carbocycles. The first-order valence-corrected chi connectivity index (χ1v) is 5.84. The second kappa shape index (κ2) is 5.64. The summed E-state index contributed by atoms with van der Waals surface area (Å²) in [5.41, 5.74) is -1.60. The van der Waals surface area contributed by atoms with Crippen molar-refractivity contribution in [2.45, 2.75) is 71.1 Å². The van der Waals surface area contributed by atoms with Crippen molar-refractivity contribution >= 4 is 5.97 Å². The second-order valence-corrected chi connectivity index (χ2v) is 5.36. The Morgan fingerprint density at radius 3 is 2.12 bits per heavy atom. The van der Waals surface area contributed by atoms with Crippen molar-refractivity contribution in [2.75, 3.05) is 0 Å². The van der Waals surface area contributed by atoms with Crippen LogP contribution in [0.4, 0.5) is 0 Å². The van der Waals surface area contributed by atoms with Crippen LogP contribution in [0.1, 0.15) is 53.9 Å². The summed E-state index contributed by atoms with van der Waals surface area (Å²) in [6, 6.07) is -0.596. The fourth-order valence-corrected chi connectivity index (χ4v) is 1.28. The van der Waals surface area contributed by atoms with E-state index in [0.29, 0.717) is 6.42 Å². The molecule has 0 amide bonds. The Balaban J connectivity index is 4.56. The molecule has 4 nitrogen and oxygen atoms in total. The molecule has 3 N–H and O–H groups in total. The number of unbranched alkanes of at least 4 members (excludes halogenated alkanes) is 1. The predicted octanol–water partition coefficient (Wildman–Crippen LogP) is 1.77. The predicted molar refractivity (Wildman–Crippen MR) is 64.5 cm³/mol. The van der Waals surface area contributed by atoms with Gasteiger partial charge in [0.1, 0.15) is 6.04 Å². The van der Waals surface area contributed by atoms with E-state index in [1.54, 1.807) is 13.8 Å². The van der Waals surface area contributed by atoms with Crippen LogP contribution in [0.5, 0.6) is 0 Å². The van der Waals surface area contributed by atoms with Crippen molar-refractivity contribution in [2.24, 2.45) is 0 Å². The van der Waals surface area contributed by atoms with E-state index in [1.807, 2.05) is 20.8 Å². The number of carboxylic acid groups (broad SMARTS) is 1. The van der Waals surface area contributed by atoms with Crippen molar-refractivity contribution in [1.29, 1.82) is 0 Å². The Hall–Kier alpha value is -0.610. The summed E-state index contributed by atoms with van der Waals surface area (Å²) in [7, 11) is 0. The zero-order valence-corrected chi connectivity index (χ0v) is 11.0. The minimum atomic E-state index is -0.965. The lowest BCUT2D eigenvalue weighted by Gasteiger charge is -2.40. The highest BCUT2D eigenvalue weighted by Crippen LogP contribution is 2.22. The Morgan fingerprint density at radius 2 is 1.81 bits per heavy atom. The van der Waals surface area contributed by atoms with Crippen molar-refractivity contribution in [3.05, 3.63) is 0 Å². The van der Waals surface area contributed by atoms with Gasteiger partial charge < -0.3 is 10.2 Å². The van der Waals surface area contributed by atoms with Crippen molar-refractivity contribution in [3.63, 3.8) is 0 Å². The molecule has 0 bridgehead atoms. The molecule has 1 unspecified atom stereocenters. The minimum absolute atomic E-state index is 0.589. The van der Waals surface area contributed by atoms with Gasteiger partial charge in [-0.2, -0.15) is 0 Å². The summed E-state index contributed by atoms with van der Waals surface area (Å²) in [4.78, 5) is 11.1. The topological polar surface area (TPSA) is 69.6 Å². The van der Waals surface area contributed by atoms with Crippen molar-refractivity contribution in [1.82, 2.24) is 5.32 Å². The highest BCUT2D eigenvalue weighted by atomic mass is 16.4. The molecule has 0 aromatic heterocycles. The van der Waals surface area contributed by atoms with Crippen LogP contribution < -0.4 is 5.32 Å². The summed E-state index contributed by atoms with van der Waals surface area (Å²) < 4.78 is 0. The third-order valence-corrected chi connectivity index (χ3v) is 3.21. The van der Waals surface area contributed by atoms with Gasteiger partial charge in [0.05, 0.1) is 5.60 Å². The highest BCUT2D eigenvalue weighted by molar-refractivity contribution is 5.73. The normalized spacial score (nSPS) is 14.9. The van der Waals surface area contributed by atoms with Crippen LogP contribution in [0, 0.1) is 0 Å². The number of carbonyl (C=O) groups is 1. The smallest absolute Gasteiger partial charge is 0.320 e. The maximum atomic E-state index is 11.1. The molecule has 16 heavy (non-hydrogen) atoms. The Morgan fingerprint density at radius 1 is 1.31 bits per heavy atom. The number of rotatable bonds is 7.